The van der Waals surface area contributed by atoms with Gasteiger partial charge >= 0.3 is 11.9 Å². The normalized spacial score (nSPS) is 12.1. The summed E-state index contributed by atoms with van der Waals surface area (Å²) in [5.41, 5.74) is -1.11. The maximum Gasteiger partial charge on any atom is 0.337 e. The zero-order chi connectivity index (χ0) is 35.7. The number of aliphatic hydroxyl groups excluding tert-OH is 2. The fourth-order valence-electron chi connectivity index (χ4n) is 8.95. The van der Waals surface area contributed by atoms with Crippen LogP contribution in [-0.4, -0.2) is 44.2 Å². The van der Waals surface area contributed by atoms with E-state index < -0.39 is 34.9 Å². The minimum Gasteiger partial charge on any atom is -0.493 e. The van der Waals surface area contributed by atoms with Crippen molar-refractivity contribution >= 4 is 110 Å². The highest BCUT2D eigenvalue weighted by molar-refractivity contribution is 6.42. The smallest absolute Gasteiger partial charge is 0.337 e. The zero-order valence-corrected chi connectivity index (χ0v) is 27.0. The highest BCUT2D eigenvalue weighted by atomic mass is 16.4. The molecule has 0 saturated heterocycles. The lowest BCUT2D eigenvalue weighted by molar-refractivity contribution is 0.0685. The highest BCUT2D eigenvalue weighted by Gasteiger charge is 2.33. The molecule has 0 aromatic heterocycles. The molecule has 0 amide bonds. The third kappa shape index (κ3) is 3.59. The third-order valence-corrected chi connectivity index (χ3v) is 10.8. The predicted octanol–water partition coefficient (Wildman–Crippen LogP) is 10.6. The first-order valence-electron chi connectivity index (χ1n) is 16.5. The molecule has 10 rings (SSSR count). The molecule has 0 aliphatic carbocycles. The van der Waals surface area contributed by atoms with Crippen molar-refractivity contribution in [3.63, 3.8) is 0 Å². The summed E-state index contributed by atoms with van der Waals surface area (Å²) in [6.45, 7) is 0. The number of fused-ring (bicyclic) bond motifs is 4. The van der Waals surface area contributed by atoms with Crippen molar-refractivity contribution in [1.82, 2.24) is 0 Å². The second-order valence-electron chi connectivity index (χ2n) is 13.2. The number of hydrogen-bond acceptors (Lipinski definition) is 4. The van der Waals surface area contributed by atoms with Gasteiger partial charge in [-0.15, -0.1) is 0 Å². The van der Waals surface area contributed by atoms with Crippen molar-refractivity contribution < 1.29 is 30.0 Å². The Morgan fingerprint density at radius 1 is 0.404 bits per heavy atom. The van der Waals surface area contributed by atoms with Gasteiger partial charge in [-0.25, -0.2) is 9.59 Å². The summed E-state index contributed by atoms with van der Waals surface area (Å²) in [6.07, 6.45) is 0. The van der Waals surface area contributed by atoms with Crippen LogP contribution in [0.3, 0.4) is 0 Å². The van der Waals surface area contributed by atoms with Crippen LogP contribution in [0.5, 0.6) is 0 Å². The molecule has 0 aliphatic rings. The van der Waals surface area contributed by atoms with E-state index in [9.17, 15) is 30.0 Å². The van der Waals surface area contributed by atoms with Gasteiger partial charge in [0.1, 0.15) is 0 Å². The van der Waals surface area contributed by atoms with E-state index in [0.717, 1.165) is 43.1 Å². The Balaban J connectivity index is 1.53. The van der Waals surface area contributed by atoms with Crippen LogP contribution >= 0.6 is 0 Å². The summed E-state index contributed by atoms with van der Waals surface area (Å²) in [4.78, 5) is 27.0. The van der Waals surface area contributed by atoms with E-state index in [2.05, 4.69) is 24.3 Å². The molecule has 0 atom stereocenters. The molecule has 6 N–H and O–H groups in total. The van der Waals surface area contributed by atoms with Gasteiger partial charge in [0.15, 0.2) is 0 Å². The van der Waals surface area contributed by atoms with Crippen LogP contribution in [0.25, 0.3) is 97.3 Å². The van der Waals surface area contributed by atoms with E-state index in [1.54, 1.807) is 18.2 Å². The molecular formula is C44H24N2O6. The summed E-state index contributed by atoms with van der Waals surface area (Å²) >= 11 is 0. The van der Waals surface area contributed by atoms with Gasteiger partial charge < -0.3 is 20.4 Å². The number of nitrogens with one attached hydrogen (secondary N) is 2. The lowest BCUT2D eigenvalue weighted by Crippen LogP contribution is -2.18. The van der Waals surface area contributed by atoms with Gasteiger partial charge in [-0.05, 0) is 87.0 Å². The van der Waals surface area contributed by atoms with Crippen molar-refractivity contribution in [2.24, 2.45) is 0 Å². The molecular weight excluding hydrogens is 652 g/mol. The Labute approximate surface area is 292 Å². The number of carboxylic acid groups (broad SMARTS) is 2. The molecule has 0 unspecified atom stereocenters. The van der Waals surface area contributed by atoms with Gasteiger partial charge in [0, 0.05) is 16.3 Å². The predicted molar refractivity (Wildman–Crippen MR) is 207 cm³/mol. The number of benzene rings is 10. The van der Waals surface area contributed by atoms with Gasteiger partial charge in [-0.3, -0.25) is 10.8 Å². The molecule has 0 heterocycles. The second-order valence-corrected chi connectivity index (χ2v) is 13.2. The molecule has 8 nitrogen and oxygen atoms in total. The van der Waals surface area contributed by atoms with E-state index in [1.807, 2.05) is 66.7 Å². The lowest BCUT2D eigenvalue weighted by Gasteiger charge is -2.24. The average molecular weight is 677 g/mol. The molecule has 0 spiro atoms. The minimum atomic E-state index is -1.56. The van der Waals surface area contributed by atoms with E-state index in [-0.39, 0.29) is 27.5 Å². The Morgan fingerprint density at radius 3 is 1.44 bits per heavy atom. The average Bonchev–Trinajstić information content (AvgIpc) is 3.14. The molecule has 10 aromatic rings. The molecule has 52 heavy (non-hydrogen) atoms. The largest absolute Gasteiger partial charge is 0.493 e. The summed E-state index contributed by atoms with van der Waals surface area (Å²) in [6, 6.07) is 34.4. The van der Waals surface area contributed by atoms with Crippen LogP contribution in [0.1, 0.15) is 31.8 Å². The van der Waals surface area contributed by atoms with E-state index >= 15 is 0 Å². The lowest BCUT2D eigenvalue weighted by atomic mass is 9.78. The SMILES string of the molecule is N=C(O)c1c(C(=O)O)c2c(-c3ccc4c5cccc6cccc(c7cccc3c74)c65)c(C(=O)O)cc3c4cccc5cccc(c(c1C(=N)O)c23)c54. The standard InChI is InChI=1S/C44H24N2O6/c45-41(47)38-35-28-15-4-9-20-8-3-12-25(32(20)28)29-18-30(43(49)50)34(37(36(29)35)40(44(51)52)39(38)42(46)48)27-17-16-26-22-11-2-7-19-6-1-10-21(31(19)22)23-13-5-14-24(27)33(23)26/h1-18H,(H2,45,47)(H2,46,48)(H,49,50)(H,51,52). The first-order valence-corrected chi connectivity index (χ1v) is 16.5. The fourth-order valence-corrected chi connectivity index (χ4v) is 8.95. The Bertz CT molecular complexity index is 3250. The van der Waals surface area contributed by atoms with Gasteiger partial charge in [-0.1, -0.05) is 103 Å². The Morgan fingerprint density at radius 2 is 0.885 bits per heavy atom. The Kier molecular flexibility index (Phi) is 5.76. The number of carboxylic acids is 2. The van der Waals surface area contributed by atoms with E-state index in [1.165, 1.54) is 0 Å². The fraction of sp³-hybridized carbons (Fsp3) is 0. The summed E-state index contributed by atoms with van der Waals surface area (Å²) in [5.74, 6) is -5.07. The molecule has 0 aliphatic heterocycles. The molecule has 8 heteroatoms. The van der Waals surface area contributed by atoms with E-state index in [0.29, 0.717) is 37.9 Å². The van der Waals surface area contributed by atoms with Crippen molar-refractivity contribution in [3.8, 4) is 11.1 Å². The van der Waals surface area contributed by atoms with Gasteiger partial charge in [0.05, 0.1) is 22.3 Å². The zero-order valence-electron chi connectivity index (χ0n) is 27.0. The van der Waals surface area contributed by atoms with Crippen molar-refractivity contribution in [3.05, 3.63) is 131 Å². The van der Waals surface area contributed by atoms with Gasteiger partial charge in [0.25, 0.3) is 0 Å². The van der Waals surface area contributed by atoms with Crippen molar-refractivity contribution in [2.75, 3.05) is 0 Å². The molecule has 0 fully saturated rings. The summed E-state index contributed by atoms with van der Waals surface area (Å²) in [7, 11) is 0. The number of aromatic carboxylic acids is 2. The van der Waals surface area contributed by atoms with Crippen LogP contribution in [0.2, 0.25) is 0 Å². The Hall–Kier alpha value is -7.32. The number of carbonyl (C=O) groups is 2. The minimum absolute atomic E-state index is 0.0123. The number of aliphatic hydroxyl groups is 2. The summed E-state index contributed by atoms with van der Waals surface area (Å²) in [5, 5.41) is 72.1. The summed E-state index contributed by atoms with van der Waals surface area (Å²) < 4.78 is 0. The monoisotopic (exact) mass is 676 g/mol. The molecule has 0 bridgehead atoms. The van der Waals surface area contributed by atoms with Crippen LogP contribution < -0.4 is 0 Å². The van der Waals surface area contributed by atoms with Gasteiger partial charge in [0.2, 0.25) is 11.8 Å². The quantitative estimate of drug-likeness (QED) is 0.0460. The van der Waals surface area contributed by atoms with Crippen molar-refractivity contribution in [1.29, 1.82) is 10.8 Å². The number of rotatable bonds is 5. The molecule has 246 valence electrons. The van der Waals surface area contributed by atoms with Crippen LogP contribution in [0.15, 0.2) is 109 Å². The maximum atomic E-state index is 13.5. The highest BCUT2D eigenvalue weighted by Crippen LogP contribution is 2.51. The second kappa shape index (κ2) is 10.1. The third-order valence-electron chi connectivity index (χ3n) is 10.8. The van der Waals surface area contributed by atoms with Crippen LogP contribution in [0, 0.1) is 10.8 Å². The maximum absolute atomic E-state index is 13.5. The molecule has 10 aromatic carbocycles. The molecule has 0 saturated carbocycles. The van der Waals surface area contributed by atoms with Crippen LogP contribution in [-0.2, 0) is 0 Å². The van der Waals surface area contributed by atoms with Crippen LogP contribution in [0.4, 0.5) is 0 Å². The first kappa shape index (κ1) is 29.6. The van der Waals surface area contributed by atoms with E-state index in [4.69, 9.17) is 10.8 Å². The first-order chi connectivity index (χ1) is 25.2. The van der Waals surface area contributed by atoms with Gasteiger partial charge in [-0.2, -0.15) is 0 Å². The molecule has 0 radical (unpaired) electrons. The topological polar surface area (TPSA) is 163 Å². The number of hydrogen-bond donors (Lipinski definition) is 6. The van der Waals surface area contributed by atoms with Crippen molar-refractivity contribution in [2.45, 2.75) is 0 Å².